The highest BCUT2D eigenvalue weighted by molar-refractivity contribution is 6.38. The molecule has 2 unspecified atom stereocenters. The fourth-order valence-corrected chi connectivity index (χ4v) is 5.12. The summed E-state index contributed by atoms with van der Waals surface area (Å²) >= 11 is 6.69. The SMILES string of the molecule is NC1CC12CCCN(c1c(F)cc3c(=O)c(C(=O)O)cn(C4CC4)c3c1Cl)C2. The Balaban J connectivity index is 1.72. The number of halogens is 2. The summed E-state index contributed by atoms with van der Waals surface area (Å²) in [6.07, 6.45) is 5.99. The third-order valence-corrected chi connectivity index (χ3v) is 6.89. The van der Waals surface area contributed by atoms with Crippen molar-refractivity contribution in [2.45, 2.75) is 44.2 Å². The minimum absolute atomic E-state index is 0.0212. The summed E-state index contributed by atoms with van der Waals surface area (Å²) in [5, 5.41) is 9.58. The zero-order valence-corrected chi connectivity index (χ0v) is 16.0. The Hall–Kier alpha value is -2.12. The Bertz CT molecular complexity index is 1080. The van der Waals surface area contributed by atoms with Gasteiger partial charge < -0.3 is 20.3 Å². The van der Waals surface area contributed by atoms with Crippen molar-refractivity contribution >= 4 is 34.2 Å². The van der Waals surface area contributed by atoms with Gasteiger partial charge in [0.25, 0.3) is 0 Å². The van der Waals surface area contributed by atoms with Crippen molar-refractivity contribution in [3.05, 3.63) is 38.9 Å². The van der Waals surface area contributed by atoms with Crippen molar-refractivity contribution in [2.24, 2.45) is 11.1 Å². The molecule has 0 amide bonds. The van der Waals surface area contributed by atoms with Crippen LogP contribution in [0.4, 0.5) is 10.1 Å². The van der Waals surface area contributed by atoms with Crippen LogP contribution >= 0.6 is 11.6 Å². The molecule has 148 valence electrons. The lowest BCUT2D eigenvalue weighted by atomic mass is 9.93. The van der Waals surface area contributed by atoms with E-state index in [-0.39, 0.29) is 33.5 Å². The summed E-state index contributed by atoms with van der Waals surface area (Å²) in [4.78, 5) is 26.1. The van der Waals surface area contributed by atoms with Crippen LogP contribution in [0, 0.1) is 11.2 Å². The van der Waals surface area contributed by atoms with Gasteiger partial charge in [-0.05, 0) is 38.2 Å². The molecule has 1 aliphatic heterocycles. The highest BCUT2D eigenvalue weighted by Gasteiger charge is 2.54. The van der Waals surface area contributed by atoms with Crippen LogP contribution in [-0.2, 0) is 0 Å². The lowest BCUT2D eigenvalue weighted by Gasteiger charge is -2.36. The second-order valence-corrected chi connectivity index (χ2v) is 8.81. The average molecular weight is 406 g/mol. The third-order valence-electron chi connectivity index (χ3n) is 6.53. The van der Waals surface area contributed by atoms with E-state index in [0.29, 0.717) is 24.3 Å². The maximum atomic E-state index is 15.1. The highest BCUT2D eigenvalue weighted by atomic mass is 35.5. The van der Waals surface area contributed by atoms with Crippen molar-refractivity contribution in [1.82, 2.24) is 4.57 Å². The summed E-state index contributed by atoms with van der Waals surface area (Å²) < 4.78 is 16.9. The lowest BCUT2D eigenvalue weighted by molar-refractivity contribution is 0.0695. The van der Waals surface area contributed by atoms with E-state index in [4.69, 9.17) is 17.3 Å². The number of hydrogen-bond acceptors (Lipinski definition) is 4. The number of carboxylic acid groups (broad SMARTS) is 1. The maximum absolute atomic E-state index is 15.1. The van der Waals surface area contributed by atoms with E-state index < -0.39 is 17.2 Å². The third kappa shape index (κ3) is 2.56. The molecule has 28 heavy (non-hydrogen) atoms. The second-order valence-electron chi connectivity index (χ2n) is 8.43. The molecule has 1 spiro atoms. The number of hydrogen-bond donors (Lipinski definition) is 2. The number of benzene rings is 1. The number of nitrogens with zero attached hydrogens (tertiary/aromatic N) is 2. The van der Waals surface area contributed by atoms with Crippen molar-refractivity contribution < 1.29 is 14.3 Å². The van der Waals surface area contributed by atoms with E-state index in [1.165, 1.54) is 6.20 Å². The topological polar surface area (TPSA) is 88.6 Å². The monoisotopic (exact) mass is 405 g/mol. The van der Waals surface area contributed by atoms with Crippen LogP contribution in [0.1, 0.15) is 48.5 Å². The molecule has 5 rings (SSSR count). The molecule has 1 aromatic carbocycles. The number of carboxylic acids is 1. The average Bonchev–Trinajstić information content (AvgIpc) is 3.55. The largest absolute Gasteiger partial charge is 0.477 e. The number of pyridine rings is 1. The van der Waals surface area contributed by atoms with Gasteiger partial charge in [0.1, 0.15) is 11.4 Å². The van der Waals surface area contributed by atoms with Crippen molar-refractivity contribution in [2.75, 3.05) is 18.0 Å². The summed E-state index contributed by atoms with van der Waals surface area (Å²) in [6.45, 7) is 1.33. The minimum atomic E-state index is -1.32. The molecule has 2 aliphatic carbocycles. The number of carbonyl (C=O) groups is 1. The standard InChI is InChI=1S/C20H21ClFN3O3/c21-15-16-11(18(26)12(19(27)28)8-25(16)10-2-3-10)6-13(22)17(15)24-5-1-4-20(9-24)7-14(20)23/h6,8,10,14H,1-5,7,9,23H2,(H,27,28). The van der Waals surface area contributed by atoms with Gasteiger partial charge in [-0.25, -0.2) is 9.18 Å². The summed E-state index contributed by atoms with van der Waals surface area (Å²) in [5.74, 6) is -1.91. The van der Waals surface area contributed by atoms with Gasteiger partial charge in [0.15, 0.2) is 0 Å². The van der Waals surface area contributed by atoms with Crippen molar-refractivity contribution in [3.63, 3.8) is 0 Å². The molecular weight excluding hydrogens is 385 g/mol. The molecule has 3 fully saturated rings. The zero-order chi connectivity index (χ0) is 19.8. The van der Waals surface area contributed by atoms with Gasteiger partial charge >= 0.3 is 5.97 Å². The summed E-state index contributed by atoms with van der Waals surface area (Å²) in [6, 6.07) is 1.38. The number of aromatic carboxylic acids is 1. The number of anilines is 1. The molecule has 2 aromatic rings. The van der Waals surface area contributed by atoms with Gasteiger partial charge in [-0.15, -0.1) is 0 Å². The maximum Gasteiger partial charge on any atom is 0.341 e. The van der Waals surface area contributed by atoms with E-state index >= 15 is 4.39 Å². The summed E-state index contributed by atoms with van der Waals surface area (Å²) in [7, 11) is 0. The molecule has 6 nitrogen and oxygen atoms in total. The van der Waals surface area contributed by atoms with Crippen LogP contribution < -0.4 is 16.1 Å². The summed E-state index contributed by atoms with van der Waals surface area (Å²) in [5.41, 5.74) is 5.82. The first kappa shape index (κ1) is 17.9. The normalized spacial score (nSPS) is 26.8. The van der Waals surface area contributed by atoms with Crippen molar-refractivity contribution in [1.29, 1.82) is 0 Å². The predicted octanol–water partition coefficient (Wildman–Crippen LogP) is 3.14. The minimum Gasteiger partial charge on any atom is -0.477 e. The Labute approximate surface area is 165 Å². The number of rotatable bonds is 3. The van der Waals surface area contributed by atoms with E-state index in [2.05, 4.69) is 0 Å². The quantitative estimate of drug-likeness (QED) is 0.818. The van der Waals surface area contributed by atoms with Gasteiger partial charge in [0.2, 0.25) is 5.43 Å². The molecule has 8 heteroatoms. The van der Waals surface area contributed by atoms with E-state index in [1.807, 2.05) is 4.90 Å². The van der Waals surface area contributed by atoms with Crippen molar-refractivity contribution in [3.8, 4) is 0 Å². The predicted molar refractivity (Wildman–Crippen MR) is 105 cm³/mol. The van der Waals surface area contributed by atoms with Crippen LogP contribution in [0.25, 0.3) is 10.9 Å². The van der Waals surface area contributed by atoms with E-state index in [1.54, 1.807) is 4.57 Å². The molecule has 2 atom stereocenters. The molecule has 1 saturated heterocycles. The first-order valence-electron chi connectivity index (χ1n) is 9.63. The first-order chi connectivity index (χ1) is 13.3. The van der Waals surface area contributed by atoms with Crippen LogP contribution in [0.15, 0.2) is 17.1 Å². The van der Waals surface area contributed by atoms with Crippen LogP contribution in [0.2, 0.25) is 5.02 Å². The van der Waals surface area contributed by atoms with E-state index in [9.17, 15) is 14.7 Å². The second kappa shape index (κ2) is 5.94. The molecule has 2 saturated carbocycles. The van der Waals surface area contributed by atoms with Gasteiger partial charge in [-0.1, -0.05) is 11.6 Å². The molecule has 3 aliphatic rings. The Kier molecular flexibility index (Phi) is 3.81. The fourth-order valence-electron chi connectivity index (χ4n) is 4.71. The molecular formula is C20H21ClFN3O3. The Morgan fingerprint density at radius 3 is 2.71 bits per heavy atom. The molecule has 3 N–H and O–H groups in total. The number of piperidine rings is 1. The van der Waals surface area contributed by atoms with Gasteiger partial charge in [0, 0.05) is 36.8 Å². The zero-order valence-electron chi connectivity index (χ0n) is 15.3. The number of aromatic nitrogens is 1. The molecule has 1 aromatic heterocycles. The Morgan fingerprint density at radius 2 is 2.11 bits per heavy atom. The number of fused-ring (bicyclic) bond motifs is 1. The van der Waals surface area contributed by atoms with Crippen LogP contribution in [0.3, 0.4) is 0 Å². The molecule has 2 heterocycles. The number of nitrogens with two attached hydrogens (primary N) is 1. The van der Waals surface area contributed by atoms with E-state index in [0.717, 1.165) is 38.2 Å². The Morgan fingerprint density at radius 1 is 1.39 bits per heavy atom. The lowest BCUT2D eigenvalue weighted by Crippen LogP contribution is -2.40. The first-order valence-corrected chi connectivity index (χ1v) is 10.0. The van der Waals surface area contributed by atoms with Crippen LogP contribution in [-0.4, -0.2) is 34.8 Å². The molecule has 0 bridgehead atoms. The highest BCUT2D eigenvalue weighted by Crippen LogP contribution is 2.52. The van der Waals surface area contributed by atoms with Gasteiger partial charge in [0.05, 0.1) is 21.6 Å². The van der Waals surface area contributed by atoms with Gasteiger partial charge in [-0.2, -0.15) is 0 Å². The van der Waals surface area contributed by atoms with Crippen LogP contribution in [0.5, 0.6) is 0 Å². The van der Waals surface area contributed by atoms with Gasteiger partial charge in [-0.3, -0.25) is 4.79 Å². The fraction of sp³-hybridized carbons (Fsp3) is 0.500. The molecule has 0 radical (unpaired) electrons. The smallest absolute Gasteiger partial charge is 0.341 e.